The van der Waals surface area contributed by atoms with Gasteiger partial charge >= 0.3 is 19.8 Å². The van der Waals surface area contributed by atoms with Crippen LogP contribution in [0.3, 0.4) is 0 Å². The van der Waals surface area contributed by atoms with Crippen molar-refractivity contribution in [3.63, 3.8) is 0 Å². The summed E-state index contributed by atoms with van der Waals surface area (Å²) in [6, 6.07) is 0. The second kappa shape index (κ2) is 39.0. The highest BCUT2D eigenvalue weighted by atomic mass is 31.2. The van der Waals surface area contributed by atoms with Crippen LogP contribution < -0.4 is 0 Å². The van der Waals surface area contributed by atoms with E-state index in [4.69, 9.17) is 19.3 Å². The number of phosphoric acid groups is 1. The number of phosphoric ester groups is 1. The van der Waals surface area contributed by atoms with E-state index in [0.29, 0.717) is 6.42 Å². The molecule has 304 valence electrons. The molecule has 8 nitrogen and oxygen atoms in total. The largest absolute Gasteiger partial charge is 0.469 e. The van der Waals surface area contributed by atoms with Crippen molar-refractivity contribution in [2.75, 3.05) is 13.2 Å². The number of esters is 2. The van der Waals surface area contributed by atoms with Crippen LogP contribution >= 0.6 is 7.82 Å². The first kappa shape index (κ1) is 50.3. The van der Waals surface area contributed by atoms with Crippen LogP contribution in [0, 0.1) is 0 Å². The lowest BCUT2D eigenvalue weighted by atomic mass is 10.0. The minimum Gasteiger partial charge on any atom is -0.462 e. The highest BCUT2D eigenvalue weighted by Gasteiger charge is 2.22. The van der Waals surface area contributed by atoms with Crippen LogP contribution in [0.4, 0.5) is 0 Å². The van der Waals surface area contributed by atoms with Gasteiger partial charge in [-0.15, -0.1) is 6.58 Å². The lowest BCUT2D eigenvalue weighted by Gasteiger charge is -2.18. The SMILES string of the molecule is C=CCCCCCCCCCCCCCCCC(=O)O[C@H](COC(=O)CCCCCCCCCCC/C=C/C/C=C/CCCCC)COP(=O)(O)O. The highest BCUT2D eigenvalue weighted by Crippen LogP contribution is 2.36. The summed E-state index contributed by atoms with van der Waals surface area (Å²) < 4.78 is 26.4. The summed E-state index contributed by atoms with van der Waals surface area (Å²) in [6.45, 7) is 5.18. The minimum absolute atomic E-state index is 0.210. The Balaban J connectivity index is 3.88. The van der Waals surface area contributed by atoms with E-state index >= 15 is 0 Å². The quantitative estimate of drug-likeness (QED) is 0.0275. The van der Waals surface area contributed by atoms with E-state index in [1.165, 1.54) is 116 Å². The van der Waals surface area contributed by atoms with Crippen LogP contribution in [0.1, 0.15) is 206 Å². The van der Waals surface area contributed by atoms with Gasteiger partial charge in [-0.1, -0.05) is 166 Å². The fourth-order valence-electron chi connectivity index (χ4n) is 6.09. The average Bonchev–Trinajstić information content (AvgIpc) is 3.11. The molecule has 0 aromatic carbocycles. The Bertz CT molecular complexity index is 928. The highest BCUT2D eigenvalue weighted by molar-refractivity contribution is 7.46. The van der Waals surface area contributed by atoms with Crippen molar-refractivity contribution in [1.29, 1.82) is 0 Å². The molecule has 0 rings (SSSR count). The van der Waals surface area contributed by atoms with Crippen LogP contribution in [-0.4, -0.2) is 41.0 Å². The summed E-state index contributed by atoms with van der Waals surface area (Å²) in [6.07, 6.45) is 44.7. The number of carbonyl (C=O) groups is 2. The summed E-state index contributed by atoms with van der Waals surface area (Å²) in [5, 5.41) is 0. The summed E-state index contributed by atoms with van der Waals surface area (Å²) in [4.78, 5) is 42.9. The van der Waals surface area contributed by atoms with Crippen molar-refractivity contribution in [3.05, 3.63) is 37.0 Å². The van der Waals surface area contributed by atoms with E-state index in [9.17, 15) is 14.2 Å². The Hall–Kier alpha value is -1.73. The van der Waals surface area contributed by atoms with Crippen LogP contribution in [-0.2, 0) is 28.2 Å². The normalized spacial score (nSPS) is 12.5. The lowest BCUT2D eigenvalue weighted by molar-refractivity contribution is -0.161. The molecule has 0 aliphatic heterocycles. The number of unbranched alkanes of at least 4 members (excludes halogenated alkanes) is 25. The maximum Gasteiger partial charge on any atom is 0.469 e. The van der Waals surface area contributed by atoms with Gasteiger partial charge in [-0.3, -0.25) is 14.1 Å². The molecule has 0 aromatic heterocycles. The zero-order chi connectivity index (χ0) is 38.2. The molecule has 0 saturated carbocycles. The molecule has 0 fully saturated rings. The molecule has 0 heterocycles. The average molecular weight is 755 g/mol. The predicted octanol–water partition coefficient (Wildman–Crippen LogP) is 13.0. The topological polar surface area (TPSA) is 119 Å². The monoisotopic (exact) mass is 755 g/mol. The third-order valence-corrected chi connectivity index (χ3v) is 9.76. The maximum atomic E-state index is 12.4. The maximum absolute atomic E-state index is 12.4. The fraction of sp³-hybridized carbons (Fsp3) is 0.814. The van der Waals surface area contributed by atoms with Gasteiger partial charge in [0.25, 0.3) is 0 Å². The molecule has 0 spiro atoms. The zero-order valence-corrected chi connectivity index (χ0v) is 34.2. The minimum atomic E-state index is -4.75. The van der Waals surface area contributed by atoms with Crippen LogP contribution in [0.25, 0.3) is 0 Å². The van der Waals surface area contributed by atoms with Crippen molar-refractivity contribution < 1.29 is 37.9 Å². The summed E-state index contributed by atoms with van der Waals surface area (Å²) in [7, 11) is -4.75. The Morgan fingerprint density at radius 1 is 0.558 bits per heavy atom. The van der Waals surface area contributed by atoms with Crippen molar-refractivity contribution in [1.82, 2.24) is 0 Å². The van der Waals surface area contributed by atoms with Gasteiger partial charge in [0, 0.05) is 12.8 Å². The molecule has 0 radical (unpaired) electrons. The molecule has 0 aromatic rings. The van der Waals surface area contributed by atoms with Gasteiger partial charge in [0.2, 0.25) is 0 Å². The molecule has 0 amide bonds. The van der Waals surface area contributed by atoms with E-state index < -0.39 is 32.5 Å². The van der Waals surface area contributed by atoms with Gasteiger partial charge in [0.1, 0.15) is 6.61 Å². The van der Waals surface area contributed by atoms with Gasteiger partial charge in [0.05, 0.1) is 6.61 Å². The number of ether oxygens (including phenoxy) is 2. The number of hydrogen-bond donors (Lipinski definition) is 2. The standard InChI is InChI=1S/C43H79O8P/c1-3-5-7-9-11-13-15-17-19-20-21-22-24-25-27-29-31-33-35-37-42(44)49-39-41(40-50-52(46,47)48)51-43(45)38-36-34-32-30-28-26-23-18-16-14-12-10-8-6-4-2/h4,11,13,17,19,41H,2-3,5-10,12,14-16,18,20-40H2,1H3,(H2,46,47,48)/b13-11+,19-17+/t41-/m1/s1. The molecular formula is C43H79O8P. The van der Waals surface area contributed by atoms with Gasteiger partial charge in [-0.05, 0) is 57.8 Å². The molecular weight excluding hydrogens is 675 g/mol. The zero-order valence-electron chi connectivity index (χ0n) is 33.3. The van der Waals surface area contributed by atoms with Crippen molar-refractivity contribution >= 4 is 19.8 Å². The molecule has 0 bridgehead atoms. The van der Waals surface area contributed by atoms with Gasteiger partial charge in [-0.25, -0.2) is 4.57 Å². The van der Waals surface area contributed by atoms with Crippen molar-refractivity contribution in [2.45, 2.75) is 212 Å². The molecule has 9 heteroatoms. The second-order valence-corrected chi connectivity index (χ2v) is 15.6. The van der Waals surface area contributed by atoms with Crippen molar-refractivity contribution in [3.8, 4) is 0 Å². The Morgan fingerprint density at radius 3 is 1.40 bits per heavy atom. The third-order valence-electron chi connectivity index (χ3n) is 9.28. The van der Waals surface area contributed by atoms with E-state index in [-0.39, 0.29) is 19.4 Å². The van der Waals surface area contributed by atoms with E-state index in [1.54, 1.807) is 0 Å². The van der Waals surface area contributed by atoms with E-state index in [1.807, 2.05) is 6.08 Å². The molecule has 0 aliphatic rings. The Kier molecular flexibility index (Phi) is 37.7. The first-order chi connectivity index (χ1) is 25.3. The number of carbonyl (C=O) groups excluding carboxylic acids is 2. The van der Waals surface area contributed by atoms with Gasteiger partial charge in [0.15, 0.2) is 6.10 Å². The molecule has 0 unspecified atom stereocenters. The smallest absolute Gasteiger partial charge is 0.462 e. The van der Waals surface area contributed by atoms with Gasteiger partial charge in [-0.2, -0.15) is 0 Å². The van der Waals surface area contributed by atoms with Gasteiger partial charge < -0.3 is 19.3 Å². The summed E-state index contributed by atoms with van der Waals surface area (Å²) in [5.41, 5.74) is 0. The van der Waals surface area contributed by atoms with E-state index in [2.05, 4.69) is 42.3 Å². The number of allylic oxidation sites excluding steroid dienone is 5. The van der Waals surface area contributed by atoms with Crippen LogP contribution in [0.2, 0.25) is 0 Å². The molecule has 52 heavy (non-hydrogen) atoms. The third kappa shape index (κ3) is 41.0. The predicted molar refractivity (Wildman–Crippen MR) is 216 cm³/mol. The fourth-order valence-corrected chi connectivity index (χ4v) is 6.45. The lowest BCUT2D eigenvalue weighted by Crippen LogP contribution is -2.29. The number of hydrogen-bond acceptors (Lipinski definition) is 6. The first-order valence-corrected chi connectivity index (χ1v) is 22.8. The first-order valence-electron chi connectivity index (χ1n) is 21.2. The Morgan fingerprint density at radius 2 is 0.962 bits per heavy atom. The molecule has 0 aliphatic carbocycles. The van der Waals surface area contributed by atoms with Crippen molar-refractivity contribution in [2.24, 2.45) is 0 Å². The summed E-state index contributed by atoms with van der Waals surface area (Å²) >= 11 is 0. The number of rotatable bonds is 40. The van der Waals surface area contributed by atoms with Crippen LogP contribution in [0.15, 0.2) is 37.0 Å². The molecule has 2 N–H and O–H groups in total. The molecule has 0 saturated heterocycles. The molecule has 1 atom stereocenters. The van der Waals surface area contributed by atoms with E-state index in [0.717, 1.165) is 64.2 Å². The van der Waals surface area contributed by atoms with Crippen LogP contribution in [0.5, 0.6) is 0 Å². The Labute approximate surface area is 319 Å². The summed E-state index contributed by atoms with van der Waals surface area (Å²) in [5.74, 6) is -0.887. The second-order valence-electron chi connectivity index (χ2n) is 14.4.